The molecule has 3 nitrogen and oxygen atoms in total. The quantitative estimate of drug-likeness (QED) is 0.767. The summed E-state index contributed by atoms with van der Waals surface area (Å²) in [6, 6.07) is 16.9. The first-order chi connectivity index (χ1) is 9.33. The van der Waals surface area contributed by atoms with Gasteiger partial charge in [0, 0.05) is 12.0 Å². The van der Waals surface area contributed by atoms with Gasteiger partial charge in [0.1, 0.15) is 18.1 Å². The van der Waals surface area contributed by atoms with Crippen LogP contribution in [0.4, 0.5) is 0 Å². The van der Waals surface area contributed by atoms with Gasteiger partial charge in [0.2, 0.25) is 0 Å². The number of rotatable bonds is 5. The molecule has 0 N–H and O–H groups in total. The predicted octanol–water partition coefficient (Wildman–Crippen LogP) is 2.99. The molecular weight excluding hydrogens is 238 g/mol. The molecule has 0 fully saturated rings. The smallest absolute Gasteiger partial charge is 0.150 e. The Hall–Kier alpha value is -2.60. The van der Waals surface area contributed by atoms with Gasteiger partial charge in [0.15, 0.2) is 0 Å². The number of hydrogen-bond donors (Lipinski definition) is 0. The number of benzene rings is 2. The zero-order chi connectivity index (χ0) is 13.5. The summed E-state index contributed by atoms with van der Waals surface area (Å²) in [5, 5.41) is 9.01. The third-order valence-electron chi connectivity index (χ3n) is 2.75. The molecule has 19 heavy (non-hydrogen) atoms. The highest BCUT2D eigenvalue weighted by Crippen LogP contribution is 2.19. The fraction of sp³-hybridized carbons (Fsp3) is 0.125. The summed E-state index contributed by atoms with van der Waals surface area (Å²) >= 11 is 0. The maximum Gasteiger partial charge on any atom is 0.150 e. The fourth-order valence-corrected chi connectivity index (χ4v) is 1.76. The Morgan fingerprint density at radius 3 is 2.63 bits per heavy atom. The minimum absolute atomic E-state index is 0.387. The van der Waals surface area contributed by atoms with E-state index < -0.39 is 0 Å². The molecule has 0 saturated carbocycles. The largest absolute Gasteiger partial charge is 0.492 e. The van der Waals surface area contributed by atoms with Crippen molar-refractivity contribution in [1.29, 1.82) is 5.26 Å². The number of carbonyl (C=O) groups is 1. The van der Waals surface area contributed by atoms with Crippen LogP contribution in [0.1, 0.15) is 21.5 Å². The molecule has 0 radical (unpaired) electrons. The summed E-state index contributed by atoms with van der Waals surface area (Å²) < 4.78 is 5.59. The molecule has 0 heterocycles. The van der Waals surface area contributed by atoms with Crippen LogP contribution in [0.3, 0.4) is 0 Å². The maximum absolute atomic E-state index is 10.6. The normalized spacial score (nSPS) is 9.63. The first kappa shape index (κ1) is 12.8. The average Bonchev–Trinajstić information content (AvgIpc) is 2.48. The van der Waals surface area contributed by atoms with Gasteiger partial charge < -0.3 is 4.74 Å². The van der Waals surface area contributed by atoms with Gasteiger partial charge in [-0.25, -0.2) is 0 Å². The Kier molecular flexibility index (Phi) is 4.30. The topological polar surface area (TPSA) is 50.1 Å². The Morgan fingerprint density at radius 1 is 1.16 bits per heavy atom. The summed E-state index contributed by atoms with van der Waals surface area (Å²) in [7, 11) is 0. The molecule has 0 unspecified atom stereocenters. The van der Waals surface area contributed by atoms with E-state index >= 15 is 0 Å². The fourth-order valence-electron chi connectivity index (χ4n) is 1.76. The second kappa shape index (κ2) is 6.36. The lowest BCUT2D eigenvalue weighted by molar-refractivity contribution is 0.112. The van der Waals surface area contributed by atoms with E-state index in [2.05, 4.69) is 0 Å². The first-order valence-electron chi connectivity index (χ1n) is 5.99. The SMILES string of the molecule is N#Cc1cc(C=O)ccc1OCCc1ccccc1. The van der Waals surface area contributed by atoms with E-state index in [0.717, 1.165) is 6.42 Å². The van der Waals surface area contributed by atoms with Gasteiger partial charge >= 0.3 is 0 Å². The van der Waals surface area contributed by atoms with Crippen LogP contribution in [0.25, 0.3) is 0 Å². The van der Waals surface area contributed by atoms with Crippen molar-refractivity contribution in [2.24, 2.45) is 0 Å². The van der Waals surface area contributed by atoms with Gasteiger partial charge in [-0.05, 0) is 23.8 Å². The van der Waals surface area contributed by atoms with E-state index in [-0.39, 0.29) is 0 Å². The van der Waals surface area contributed by atoms with Crippen molar-refractivity contribution in [2.45, 2.75) is 6.42 Å². The number of hydrogen-bond acceptors (Lipinski definition) is 3. The average molecular weight is 251 g/mol. The Labute approximate surface area is 112 Å². The Balaban J connectivity index is 2.00. The lowest BCUT2D eigenvalue weighted by Crippen LogP contribution is -2.02. The van der Waals surface area contributed by atoms with Crippen molar-refractivity contribution in [3.05, 3.63) is 65.2 Å². The van der Waals surface area contributed by atoms with E-state index in [1.54, 1.807) is 12.1 Å². The van der Waals surface area contributed by atoms with E-state index in [0.29, 0.717) is 29.8 Å². The molecule has 0 aliphatic carbocycles. The van der Waals surface area contributed by atoms with Gasteiger partial charge in [-0.2, -0.15) is 5.26 Å². The second-order valence-corrected chi connectivity index (χ2v) is 4.07. The van der Waals surface area contributed by atoms with E-state index in [1.165, 1.54) is 11.6 Å². The second-order valence-electron chi connectivity index (χ2n) is 4.07. The van der Waals surface area contributed by atoms with Gasteiger partial charge in [-0.1, -0.05) is 30.3 Å². The van der Waals surface area contributed by atoms with Crippen molar-refractivity contribution in [2.75, 3.05) is 6.61 Å². The minimum atomic E-state index is 0.387. The Morgan fingerprint density at radius 2 is 1.95 bits per heavy atom. The number of carbonyl (C=O) groups excluding carboxylic acids is 1. The van der Waals surface area contributed by atoms with Crippen molar-refractivity contribution in [3.63, 3.8) is 0 Å². The first-order valence-corrected chi connectivity index (χ1v) is 5.99. The van der Waals surface area contributed by atoms with E-state index in [1.807, 2.05) is 36.4 Å². The zero-order valence-electron chi connectivity index (χ0n) is 10.4. The molecule has 0 amide bonds. The molecule has 0 saturated heterocycles. The highest BCUT2D eigenvalue weighted by Gasteiger charge is 2.04. The molecule has 0 atom stereocenters. The number of ether oxygens (including phenoxy) is 1. The zero-order valence-corrected chi connectivity index (χ0v) is 10.4. The van der Waals surface area contributed by atoms with Gasteiger partial charge in [0.25, 0.3) is 0 Å². The molecule has 0 aromatic heterocycles. The van der Waals surface area contributed by atoms with Crippen LogP contribution in [0.15, 0.2) is 48.5 Å². The number of nitriles is 1. The number of aldehydes is 1. The van der Waals surface area contributed by atoms with Crippen LogP contribution in [-0.4, -0.2) is 12.9 Å². The summed E-state index contributed by atoms with van der Waals surface area (Å²) in [5.41, 5.74) is 2.05. The van der Waals surface area contributed by atoms with Crippen molar-refractivity contribution < 1.29 is 9.53 Å². The van der Waals surface area contributed by atoms with E-state index in [9.17, 15) is 4.79 Å². The minimum Gasteiger partial charge on any atom is -0.492 e. The van der Waals surface area contributed by atoms with Gasteiger partial charge in [0.05, 0.1) is 12.2 Å². The highest BCUT2D eigenvalue weighted by molar-refractivity contribution is 5.76. The molecule has 2 aromatic rings. The molecule has 0 bridgehead atoms. The van der Waals surface area contributed by atoms with Crippen LogP contribution in [0.2, 0.25) is 0 Å². The van der Waals surface area contributed by atoms with Crippen LogP contribution < -0.4 is 4.74 Å². The monoisotopic (exact) mass is 251 g/mol. The molecule has 2 rings (SSSR count). The standard InChI is InChI=1S/C16H13NO2/c17-11-15-10-14(12-18)6-7-16(15)19-9-8-13-4-2-1-3-5-13/h1-7,10,12H,8-9H2. The van der Waals surface area contributed by atoms with Crippen LogP contribution in [0, 0.1) is 11.3 Å². The summed E-state index contributed by atoms with van der Waals surface area (Å²) in [5.74, 6) is 0.518. The maximum atomic E-state index is 10.6. The lowest BCUT2D eigenvalue weighted by Gasteiger charge is -2.08. The summed E-state index contributed by atoms with van der Waals surface area (Å²) in [6.45, 7) is 0.499. The predicted molar refractivity (Wildman–Crippen MR) is 72.2 cm³/mol. The third kappa shape index (κ3) is 3.43. The molecule has 0 aliphatic heterocycles. The number of nitrogens with zero attached hydrogens (tertiary/aromatic N) is 1. The summed E-state index contributed by atoms with van der Waals surface area (Å²) in [6.07, 6.45) is 1.50. The van der Waals surface area contributed by atoms with Crippen molar-refractivity contribution in [1.82, 2.24) is 0 Å². The van der Waals surface area contributed by atoms with Crippen LogP contribution in [-0.2, 0) is 6.42 Å². The molecule has 0 spiro atoms. The van der Waals surface area contributed by atoms with Gasteiger partial charge in [-0.3, -0.25) is 4.79 Å². The highest BCUT2D eigenvalue weighted by atomic mass is 16.5. The van der Waals surface area contributed by atoms with Gasteiger partial charge in [-0.15, -0.1) is 0 Å². The molecule has 94 valence electrons. The van der Waals surface area contributed by atoms with Crippen LogP contribution in [0.5, 0.6) is 5.75 Å². The van der Waals surface area contributed by atoms with Crippen LogP contribution >= 0.6 is 0 Å². The van der Waals surface area contributed by atoms with Crippen molar-refractivity contribution in [3.8, 4) is 11.8 Å². The molecule has 0 aliphatic rings. The third-order valence-corrected chi connectivity index (χ3v) is 2.75. The molecular formula is C16H13NO2. The van der Waals surface area contributed by atoms with E-state index in [4.69, 9.17) is 10.00 Å². The molecule has 3 heteroatoms. The van der Waals surface area contributed by atoms with Crippen molar-refractivity contribution >= 4 is 6.29 Å². The lowest BCUT2D eigenvalue weighted by atomic mass is 10.1. The summed E-state index contributed by atoms with van der Waals surface area (Å²) in [4.78, 5) is 10.6. The molecule has 2 aromatic carbocycles. The Bertz CT molecular complexity index is 600.